The summed E-state index contributed by atoms with van der Waals surface area (Å²) < 4.78 is 0.856. The minimum atomic E-state index is 0.285. The van der Waals surface area contributed by atoms with Gasteiger partial charge in [-0.15, -0.1) is 0 Å². The predicted molar refractivity (Wildman–Crippen MR) is 60.1 cm³/mol. The van der Waals surface area contributed by atoms with Crippen molar-refractivity contribution in [1.29, 1.82) is 5.26 Å². The van der Waals surface area contributed by atoms with Crippen LogP contribution in [0.2, 0.25) is 0 Å². The Morgan fingerprint density at radius 3 is 2.71 bits per heavy atom. The normalized spacial score (nSPS) is 17.2. The van der Waals surface area contributed by atoms with Crippen molar-refractivity contribution >= 4 is 21.6 Å². The van der Waals surface area contributed by atoms with E-state index >= 15 is 0 Å². The van der Waals surface area contributed by atoms with E-state index in [-0.39, 0.29) is 5.54 Å². The van der Waals surface area contributed by atoms with Crippen molar-refractivity contribution in [3.63, 3.8) is 0 Å². The van der Waals surface area contributed by atoms with Crippen molar-refractivity contribution < 1.29 is 0 Å². The molecule has 0 aromatic heterocycles. The highest BCUT2D eigenvalue weighted by Crippen LogP contribution is 2.38. The summed E-state index contributed by atoms with van der Waals surface area (Å²) in [5.74, 6) is 0. The van der Waals surface area contributed by atoms with Crippen molar-refractivity contribution in [3.05, 3.63) is 28.2 Å². The first-order chi connectivity index (χ1) is 6.63. The van der Waals surface area contributed by atoms with Gasteiger partial charge in [0.25, 0.3) is 0 Å². The second-order valence-electron chi connectivity index (χ2n) is 3.99. The van der Waals surface area contributed by atoms with E-state index in [1.54, 1.807) is 0 Å². The van der Waals surface area contributed by atoms with Crippen LogP contribution in [-0.4, -0.2) is 5.54 Å². The van der Waals surface area contributed by atoms with Crippen LogP contribution in [0.1, 0.15) is 25.3 Å². The number of nitrogens with zero attached hydrogens (tertiary/aromatic N) is 1. The van der Waals surface area contributed by atoms with Gasteiger partial charge in [0.2, 0.25) is 0 Å². The van der Waals surface area contributed by atoms with Crippen molar-refractivity contribution in [2.75, 3.05) is 5.32 Å². The van der Waals surface area contributed by atoms with Gasteiger partial charge >= 0.3 is 0 Å². The number of hydrogen-bond acceptors (Lipinski definition) is 2. The average Bonchev–Trinajstić information content (AvgIpc) is 2.84. The van der Waals surface area contributed by atoms with Gasteiger partial charge in [0.05, 0.1) is 5.56 Å². The van der Waals surface area contributed by atoms with Gasteiger partial charge in [-0.1, -0.05) is 0 Å². The third-order valence-corrected chi connectivity index (χ3v) is 3.19. The molecule has 1 N–H and O–H groups in total. The van der Waals surface area contributed by atoms with Gasteiger partial charge in [-0.3, -0.25) is 0 Å². The van der Waals surface area contributed by atoms with Crippen LogP contribution in [0.15, 0.2) is 22.7 Å². The van der Waals surface area contributed by atoms with Crippen LogP contribution in [0.3, 0.4) is 0 Å². The maximum absolute atomic E-state index is 8.75. The van der Waals surface area contributed by atoms with Crippen molar-refractivity contribution in [3.8, 4) is 6.07 Å². The van der Waals surface area contributed by atoms with Gasteiger partial charge < -0.3 is 5.32 Å². The third-order valence-electron chi connectivity index (χ3n) is 2.54. The molecule has 1 aromatic rings. The first-order valence-electron chi connectivity index (χ1n) is 4.61. The second kappa shape index (κ2) is 3.29. The van der Waals surface area contributed by atoms with Crippen molar-refractivity contribution in [1.82, 2.24) is 0 Å². The van der Waals surface area contributed by atoms with Gasteiger partial charge in [0, 0.05) is 15.7 Å². The predicted octanol–water partition coefficient (Wildman–Crippen LogP) is 3.29. The summed E-state index contributed by atoms with van der Waals surface area (Å²) in [5, 5.41) is 12.2. The minimum absolute atomic E-state index is 0.285. The number of nitriles is 1. The Bertz CT molecular complexity index is 402. The van der Waals surface area contributed by atoms with E-state index in [2.05, 4.69) is 34.2 Å². The quantitative estimate of drug-likeness (QED) is 0.875. The lowest BCUT2D eigenvalue weighted by molar-refractivity contribution is 0.829. The van der Waals surface area contributed by atoms with E-state index in [1.165, 1.54) is 12.8 Å². The maximum atomic E-state index is 8.75. The first-order valence-corrected chi connectivity index (χ1v) is 5.40. The topological polar surface area (TPSA) is 35.8 Å². The molecule has 2 nitrogen and oxygen atoms in total. The molecule has 0 unspecified atom stereocenters. The lowest BCUT2D eigenvalue weighted by Crippen LogP contribution is -2.15. The fourth-order valence-electron chi connectivity index (χ4n) is 1.34. The van der Waals surface area contributed by atoms with Gasteiger partial charge in [0.1, 0.15) is 6.07 Å². The Kier molecular flexibility index (Phi) is 2.24. The largest absolute Gasteiger partial charge is 0.380 e. The molecule has 14 heavy (non-hydrogen) atoms. The molecule has 0 heterocycles. The van der Waals surface area contributed by atoms with Gasteiger partial charge in [-0.25, -0.2) is 0 Å². The summed E-state index contributed by atoms with van der Waals surface area (Å²) in [6.45, 7) is 2.21. The molecule has 1 saturated carbocycles. The molecule has 1 fully saturated rings. The van der Waals surface area contributed by atoms with Crippen molar-refractivity contribution in [2.45, 2.75) is 25.3 Å². The summed E-state index contributed by atoms with van der Waals surface area (Å²) in [5.41, 5.74) is 2.04. The first kappa shape index (κ1) is 9.54. The summed E-state index contributed by atoms with van der Waals surface area (Å²) in [4.78, 5) is 0. The fraction of sp³-hybridized carbons (Fsp3) is 0.364. The molecule has 1 aliphatic rings. The molecule has 3 heteroatoms. The SMILES string of the molecule is CC1(Nc2ccc(C#N)c(Br)c2)CC1. The monoisotopic (exact) mass is 250 g/mol. The van der Waals surface area contributed by atoms with E-state index < -0.39 is 0 Å². The molecule has 0 aliphatic heterocycles. The number of anilines is 1. The summed E-state index contributed by atoms with van der Waals surface area (Å²) in [6.07, 6.45) is 2.45. The molecule has 0 saturated heterocycles. The molecule has 2 rings (SSSR count). The fourth-order valence-corrected chi connectivity index (χ4v) is 1.81. The Morgan fingerprint density at radius 1 is 1.50 bits per heavy atom. The van der Waals surface area contributed by atoms with E-state index in [0.717, 1.165) is 10.2 Å². The average molecular weight is 251 g/mol. The van der Waals surface area contributed by atoms with Crippen LogP contribution < -0.4 is 5.32 Å². The molecule has 72 valence electrons. The maximum Gasteiger partial charge on any atom is 0.100 e. The van der Waals surface area contributed by atoms with Gasteiger partial charge in [0.15, 0.2) is 0 Å². The summed E-state index contributed by atoms with van der Waals surface area (Å²) in [6, 6.07) is 7.87. The molecule has 1 aromatic carbocycles. The number of benzene rings is 1. The van der Waals surface area contributed by atoms with Crippen molar-refractivity contribution in [2.24, 2.45) is 0 Å². The second-order valence-corrected chi connectivity index (χ2v) is 4.85. The number of rotatable bonds is 2. The van der Waals surface area contributed by atoms with Gasteiger partial charge in [-0.05, 0) is 53.9 Å². The molecule has 0 atom stereocenters. The minimum Gasteiger partial charge on any atom is -0.380 e. The van der Waals surface area contributed by atoms with E-state index in [1.807, 2.05) is 18.2 Å². The lowest BCUT2D eigenvalue weighted by atomic mass is 10.2. The zero-order chi connectivity index (χ0) is 10.2. The van der Waals surface area contributed by atoms with Gasteiger partial charge in [-0.2, -0.15) is 5.26 Å². The molecular weight excluding hydrogens is 240 g/mol. The number of halogens is 1. The third kappa shape index (κ3) is 1.91. The van der Waals surface area contributed by atoms with E-state index in [4.69, 9.17) is 5.26 Å². The van der Waals surface area contributed by atoms with E-state index in [0.29, 0.717) is 5.56 Å². The lowest BCUT2D eigenvalue weighted by Gasteiger charge is -2.13. The number of hydrogen-bond donors (Lipinski definition) is 1. The smallest absolute Gasteiger partial charge is 0.100 e. The Morgan fingerprint density at radius 2 is 2.21 bits per heavy atom. The molecule has 0 bridgehead atoms. The van der Waals surface area contributed by atoms with Crippen LogP contribution in [0.4, 0.5) is 5.69 Å². The molecule has 0 radical (unpaired) electrons. The van der Waals surface area contributed by atoms with Crippen LogP contribution >= 0.6 is 15.9 Å². The van der Waals surface area contributed by atoms with Crippen LogP contribution in [0, 0.1) is 11.3 Å². The standard InChI is InChI=1S/C11H11BrN2/c1-11(4-5-11)14-9-3-2-8(7-13)10(12)6-9/h2-3,6,14H,4-5H2,1H3. The molecule has 0 spiro atoms. The van der Waals surface area contributed by atoms with E-state index in [9.17, 15) is 0 Å². The zero-order valence-electron chi connectivity index (χ0n) is 7.97. The highest BCUT2D eigenvalue weighted by atomic mass is 79.9. The summed E-state index contributed by atoms with van der Waals surface area (Å²) >= 11 is 3.37. The Balaban J connectivity index is 2.21. The molecule has 0 amide bonds. The number of nitrogens with one attached hydrogen (secondary N) is 1. The zero-order valence-corrected chi connectivity index (χ0v) is 9.56. The Hall–Kier alpha value is -1.01. The highest BCUT2D eigenvalue weighted by molar-refractivity contribution is 9.10. The van der Waals surface area contributed by atoms with Crippen LogP contribution in [0.5, 0.6) is 0 Å². The molecular formula is C11H11BrN2. The summed E-state index contributed by atoms with van der Waals surface area (Å²) in [7, 11) is 0. The highest BCUT2D eigenvalue weighted by Gasteiger charge is 2.36. The molecule has 1 aliphatic carbocycles. The van der Waals surface area contributed by atoms with Crippen LogP contribution in [0.25, 0.3) is 0 Å². The Labute approximate surface area is 92.1 Å². The van der Waals surface area contributed by atoms with Crippen LogP contribution in [-0.2, 0) is 0 Å².